The van der Waals surface area contributed by atoms with Gasteiger partial charge in [-0.25, -0.2) is 4.79 Å². The number of rotatable bonds is 4. The molecule has 2 aromatic carbocycles. The van der Waals surface area contributed by atoms with Gasteiger partial charge in [-0.15, -0.1) is 0 Å². The number of esters is 1. The second-order valence-electron chi connectivity index (χ2n) is 4.03. The number of hydrogen-bond acceptors (Lipinski definition) is 4. The number of nitrogens with two attached hydrogens (primary N) is 1. The quantitative estimate of drug-likeness (QED) is 0.677. The van der Waals surface area contributed by atoms with E-state index in [0.29, 0.717) is 29.4 Å². The van der Waals surface area contributed by atoms with Crippen molar-refractivity contribution in [1.29, 1.82) is 0 Å². The zero-order valence-corrected chi connectivity index (χ0v) is 12.5. The Morgan fingerprint density at radius 1 is 1.25 bits per heavy atom. The highest BCUT2D eigenvalue weighted by Gasteiger charge is 2.10. The van der Waals surface area contributed by atoms with Crippen molar-refractivity contribution in [1.82, 2.24) is 0 Å². The lowest BCUT2D eigenvalue weighted by molar-refractivity contribution is 0.0526. The van der Waals surface area contributed by atoms with Crippen LogP contribution < -0.4 is 10.5 Å². The molecular weight excluding hydrogens is 322 g/mol. The van der Waals surface area contributed by atoms with Crippen molar-refractivity contribution in [3.05, 3.63) is 52.5 Å². The van der Waals surface area contributed by atoms with Gasteiger partial charge in [0.2, 0.25) is 0 Å². The average Bonchev–Trinajstić information content (AvgIpc) is 2.41. The lowest BCUT2D eigenvalue weighted by Crippen LogP contribution is -2.05. The van der Waals surface area contributed by atoms with Crippen LogP contribution in [0.25, 0.3) is 0 Å². The van der Waals surface area contributed by atoms with Crippen molar-refractivity contribution in [3.8, 4) is 11.5 Å². The zero-order chi connectivity index (χ0) is 14.5. The fourth-order valence-electron chi connectivity index (χ4n) is 1.64. The molecule has 0 heterocycles. The molecule has 0 amide bonds. The van der Waals surface area contributed by atoms with Crippen molar-refractivity contribution < 1.29 is 14.3 Å². The molecule has 4 nitrogen and oxygen atoms in total. The second kappa shape index (κ2) is 6.43. The van der Waals surface area contributed by atoms with E-state index in [1.54, 1.807) is 25.1 Å². The standard InChI is InChI=1S/C15H14BrNO3/c1-2-19-15(18)10-6-7-14(13(17)8-10)20-12-5-3-4-11(16)9-12/h3-9H,2,17H2,1H3. The van der Waals surface area contributed by atoms with Crippen molar-refractivity contribution in [3.63, 3.8) is 0 Å². The third kappa shape index (κ3) is 3.51. The van der Waals surface area contributed by atoms with Crippen molar-refractivity contribution in [2.45, 2.75) is 6.92 Å². The molecule has 20 heavy (non-hydrogen) atoms. The van der Waals surface area contributed by atoms with Gasteiger partial charge in [-0.05, 0) is 43.3 Å². The van der Waals surface area contributed by atoms with Gasteiger partial charge in [0.05, 0.1) is 17.9 Å². The third-order valence-electron chi connectivity index (χ3n) is 2.54. The number of ether oxygens (including phenoxy) is 2. The molecule has 0 aliphatic rings. The Hall–Kier alpha value is -2.01. The Balaban J connectivity index is 2.20. The van der Waals surface area contributed by atoms with E-state index in [1.165, 1.54) is 0 Å². The summed E-state index contributed by atoms with van der Waals surface area (Å²) in [4.78, 5) is 11.6. The van der Waals surface area contributed by atoms with Crippen LogP contribution >= 0.6 is 15.9 Å². The van der Waals surface area contributed by atoms with E-state index >= 15 is 0 Å². The summed E-state index contributed by atoms with van der Waals surface area (Å²) < 4.78 is 11.5. The van der Waals surface area contributed by atoms with Crippen LogP contribution in [0.4, 0.5) is 5.69 Å². The van der Waals surface area contributed by atoms with E-state index in [4.69, 9.17) is 15.2 Å². The van der Waals surface area contributed by atoms with Crippen LogP contribution in [0, 0.1) is 0 Å². The minimum atomic E-state index is -0.395. The minimum absolute atomic E-state index is 0.328. The fraction of sp³-hybridized carbons (Fsp3) is 0.133. The van der Waals surface area contributed by atoms with Gasteiger partial charge in [-0.2, -0.15) is 0 Å². The maximum Gasteiger partial charge on any atom is 0.338 e. The van der Waals surface area contributed by atoms with Gasteiger partial charge in [0.15, 0.2) is 0 Å². The molecule has 104 valence electrons. The molecule has 2 aromatic rings. The predicted molar refractivity (Wildman–Crippen MR) is 81.0 cm³/mol. The number of nitrogen functional groups attached to an aromatic ring is 1. The maximum atomic E-state index is 11.6. The molecule has 0 saturated heterocycles. The lowest BCUT2D eigenvalue weighted by atomic mass is 10.2. The molecule has 0 atom stereocenters. The monoisotopic (exact) mass is 335 g/mol. The van der Waals surface area contributed by atoms with E-state index in [2.05, 4.69) is 15.9 Å². The topological polar surface area (TPSA) is 61.5 Å². The highest BCUT2D eigenvalue weighted by atomic mass is 79.9. The molecule has 0 aliphatic carbocycles. The molecule has 5 heteroatoms. The number of hydrogen-bond donors (Lipinski definition) is 1. The summed E-state index contributed by atoms with van der Waals surface area (Å²) >= 11 is 3.37. The molecule has 0 fully saturated rings. The highest BCUT2D eigenvalue weighted by molar-refractivity contribution is 9.10. The molecule has 0 aromatic heterocycles. The second-order valence-corrected chi connectivity index (χ2v) is 4.95. The van der Waals surface area contributed by atoms with E-state index in [-0.39, 0.29) is 0 Å². The Kier molecular flexibility index (Phi) is 4.63. The minimum Gasteiger partial charge on any atom is -0.462 e. The van der Waals surface area contributed by atoms with Crippen LogP contribution in [-0.4, -0.2) is 12.6 Å². The molecule has 0 saturated carbocycles. The largest absolute Gasteiger partial charge is 0.462 e. The summed E-state index contributed by atoms with van der Waals surface area (Å²) in [5.41, 5.74) is 6.69. The van der Waals surface area contributed by atoms with Gasteiger partial charge in [-0.1, -0.05) is 22.0 Å². The van der Waals surface area contributed by atoms with Crippen molar-refractivity contribution in [2.75, 3.05) is 12.3 Å². The SMILES string of the molecule is CCOC(=O)c1ccc(Oc2cccc(Br)c2)c(N)c1. The Bertz CT molecular complexity index is 628. The van der Waals surface area contributed by atoms with Gasteiger partial charge in [0.25, 0.3) is 0 Å². The Labute approximate surface area is 125 Å². The smallest absolute Gasteiger partial charge is 0.338 e. The predicted octanol–water partition coefficient (Wildman–Crippen LogP) is 4.00. The highest BCUT2D eigenvalue weighted by Crippen LogP contribution is 2.29. The van der Waals surface area contributed by atoms with Crippen LogP contribution in [0.5, 0.6) is 11.5 Å². The van der Waals surface area contributed by atoms with Crippen LogP contribution in [0.15, 0.2) is 46.9 Å². The summed E-state index contributed by atoms with van der Waals surface area (Å²) in [6, 6.07) is 12.3. The van der Waals surface area contributed by atoms with Gasteiger partial charge in [0.1, 0.15) is 11.5 Å². The van der Waals surface area contributed by atoms with Crippen molar-refractivity contribution in [2.24, 2.45) is 0 Å². The number of halogens is 1. The fourth-order valence-corrected chi connectivity index (χ4v) is 2.02. The molecule has 0 aliphatic heterocycles. The first-order valence-electron chi connectivity index (χ1n) is 6.10. The molecule has 0 unspecified atom stereocenters. The molecule has 0 radical (unpaired) electrons. The van der Waals surface area contributed by atoms with Crippen LogP contribution in [0.2, 0.25) is 0 Å². The summed E-state index contributed by atoms with van der Waals surface area (Å²) in [5.74, 6) is 0.763. The van der Waals surface area contributed by atoms with E-state index in [0.717, 1.165) is 4.47 Å². The van der Waals surface area contributed by atoms with Crippen LogP contribution in [-0.2, 0) is 4.74 Å². The lowest BCUT2D eigenvalue weighted by Gasteiger charge is -2.10. The molecule has 0 bridgehead atoms. The first-order chi connectivity index (χ1) is 9.60. The van der Waals surface area contributed by atoms with E-state index in [9.17, 15) is 4.79 Å². The molecule has 2 rings (SSSR count). The molecule has 0 spiro atoms. The molecular formula is C15H14BrNO3. The molecule has 2 N–H and O–H groups in total. The van der Waals surface area contributed by atoms with E-state index < -0.39 is 5.97 Å². The van der Waals surface area contributed by atoms with Gasteiger partial charge in [0, 0.05) is 4.47 Å². The number of benzene rings is 2. The summed E-state index contributed by atoms with van der Waals surface area (Å²) in [7, 11) is 0. The van der Waals surface area contributed by atoms with Crippen LogP contribution in [0.3, 0.4) is 0 Å². The van der Waals surface area contributed by atoms with Gasteiger partial charge in [-0.3, -0.25) is 0 Å². The number of anilines is 1. The zero-order valence-electron chi connectivity index (χ0n) is 10.9. The number of carbonyl (C=O) groups is 1. The summed E-state index contributed by atoms with van der Waals surface area (Å²) in [6.07, 6.45) is 0. The average molecular weight is 336 g/mol. The Morgan fingerprint density at radius 2 is 2.05 bits per heavy atom. The van der Waals surface area contributed by atoms with Gasteiger partial charge >= 0.3 is 5.97 Å². The number of carbonyl (C=O) groups excluding carboxylic acids is 1. The Morgan fingerprint density at radius 3 is 2.70 bits per heavy atom. The van der Waals surface area contributed by atoms with Crippen molar-refractivity contribution >= 4 is 27.6 Å². The summed E-state index contributed by atoms with van der Waals surface area (Å²) in [5, 5.41) is 0. The first-order valence-corrected chi connectivity index (χ1v) is 6.89. The van der Waals surface area contributed by atoms with Crippen LogP contribution in [0.1, 0.15) is 17.3 Å². The normalized spacial score (nSPS) is 10.1. The van der Waals surface area contributed by atoms with E-state index in [1.807, 2.05) is 24.3 Å². The van der Waals surface area contributed by atoms with Gasteiger partial charge < -0.3 is 15.2 Å². The third-order valence-corrected chi connectivity index (χ3v) is 3.04. The first kappa shape index (κ1) is 14.4. The summed E-state index contributed by atoms with van der Waals surface area (Å²) in [6.45, 7) is 2.08. The maximum absolute atomic E-state index is 11.6.